The zero-order valence-electron chi connectivity index (χ0n) is 30.2. The Morgan fingerprint density at radius 3 is 2.53 bits per heavy atom. The van der Waals surface area contributed by atoms with Crippen LogP contribution in [0.25, 0.3) is 11.3 Å². The average Bonchev–Trinajstić information content (AvgIpc) is 3.63. The van der Waals surface area contributed by atoms with Crippen LogP contribution in [0.3, 0.4) is 0 Å². The number of Topliss-reactive ketones (excluding diaryl/α,β-unsaturated/α-hetero) is 1. The third kappa shape index (κ3) is 9.39. The summed E-state index contributed by atoms with van der Waals surface area (Å²) in [6.07, 6.45) is 3.85. The first-order valence-electron chi connectivity index (χ1n) is 17.1. The number of benzene rings is 1. The van der Waals surface area contributed by atoms with Crippen LogP contribution in [0.1, 0.15) is 80.6 Å². The molecule has 1 aliphatic rings. The lowest BCUT2D eigenvalue weighted by molar-refractivity contribution is -0.156. The lowest BCUT2D eigenvalue weighted by Crippen LogP contribution is -2.58. The Balaban J connectivity index is 1.63. The monoisotopic (exact) mass is 684 g/mol. The lowest BCUT2D eigenvalue weighted by Gasteiger charge is -2.41. The molecule has 0 saturated carbocycles. The van der Waals surface area contributed by atoms with Crippen molar-refractivity contribution in [2.45, 2.75) is 122 Å². The molecule has 1 aliphatic heterocycles. The maximum atomic E-state index is 14.4. The van der Waals surface area contributed by atoms with Gasteiger partial charge in [0, 0.05) is 43.9 Å². The number of halogens is 1. The first-order chi connectivity index (χ1) is 22.9. The third-order valence-electron chi connectivity index (χ3n) is 10.4. The van der Waals surface area contributed by atoms with Gasteiger partial charge in [0.1, 0.15) is 11.3 Å². The largest absolute Gasteiger partial charge is 0.479 e. The van der Waals surface area contributed by atoms with Gasteiger partial charge >= 0.3 is 12.1 Å². The number of nitrogens with one attached hydrogen (secondary N) is 1. The molecule has 0 spiro atoms. The minimum Gasteiger partial charge on any atom is -0.479 e. The number of hydrogen-bond donors (Lipinski definition) is 3. The van der Waals surface area contributed by atoms with Gasteiger partial charge < -0.3 is 25.6 Å². The quantitative estimate of drug-likeness (QED) is 0.0743. The van der Waals surface area contributed by atoms with Crippen LogP contribution in [0, 0.1) is 11.8 Å². The number of ketones is 1. The van der Waals surface area contributed by atoms with E-state index in [1.165, 1.54) is 7.11 Å². The van der Waals surface area contributed by atoms with Crippen LogP contribution in [0.5, 0.6) is 0 Å². The fourth-order valence-corrected chi connectivity index (χ4v) is 6.69. The smallest absolute Gasteiger partial charge is 0.410 e. The predicted molar refractivity (Wildman–Crippen MR) is 187 cm³/mol. The Labute approximate surface area is 291 Å². The molecule has 8 atom stereocenters. The number of aromatic nitrogens is 3. The molecular weight excluding hydrogens is 630 g/mol. The second kappa shape index (κ2) is 16.5. The molecule has 1 aromatic heterocycles. The Morgan fingerprint density at radius 1 is 1.24 bits per heavy atom. The number of alkyl halides is 1. The number of carbonyl (C=O) groups excluding carboxylic acids is 2. The van der Waals surface area contributed by atoms with E-state index in [1.807, 2.05) is 56.1 Å². The van der Waals surface area contributed by atoms with Gasteiger partial charge in [0.05, 0.1) is 25.7 Å². The maximum absolute atomic E-state index is 14.4. The second-order valence-corrected chi connectivity index (χ2v) is 14.3. The molecule has 1 saturated heterocycles. The van der Waals surface area contributed by atoms with E-state index < -0.39 is 40.9 Å². The minimum atomic E-state index is -3.03. The van der Waals surface area contributed by atoms with Gasteiger partial charge in [0.25, 0.3) is 5.67 Å². The molecule has 4 N–H and O–H groups in total. The number of aliphatic carboxylic acids is 1. The topological polar surface area (TPSA) is 162 Å². The number of hydrogen-bond acceptors (Lipinski definition) is 9. The number of cyclic esters (lactones) is 1. The van der Waals surface area contributed by atoms with Crippen LogP contribution in [-0.4, -0.2) is 99.8 Å². The minimum absolute atomic E-state index is 0.00832. The van der Waals surface area contributed by atoms with Crippen molar-refractivity contribution in [3.8, 4) is 11.3 Å². The van der Waals surface area contributed by atoms with Gasteiger partial charge in [-0.05, 0) is 89.7 Å². The van der Waals surface area contributed by atoms with Gasteiger partial charge in [-0.1, -0.05) is 38.1 Å². The number of anilines is 1. The van der Waals surface area contributed by atoms with Crippen molar-refractivity contribution in [2.75, 3.05) is 25.9 Å². The fraction of sp³-hybridized carbons (Fsp3) is 0.686. The van der Waals surface area contributed by atoms with E-state index in [9.17, 15) is 18.8 Å². The number of carboxylic acids is 1. The van der Waals surface area contributed by atoms with Crippen molar-refractivity contribution in [1.82, 2.24) is 25.2 Å². The number of carbonyl (C=O) groups is 3. The summed E-state index contributed by atoms with van der Waals surface area (Å²) in [6, 6.07) is 7.12. The summed E-state index contributed by atoms with van der Waals surface area (Å²) in [6.45, 7) is 14.4. The number of rotatable bonds is 20. The normalized spacial score (nSPS) is 22.8. The molecule has 3 rings (SSSR count). The highest BCUT2D eigenvalue weighted by Crippen LogP contribution is 2.40. The SMILES string of the molecule is [B][C@H](CC(=O)[C@](C)(F)C(=O)O)[C@@](C)(C[C@@H](C)CN[C@H](C)[C@H]1N(CCCCn2cc(-c3cccc(N)c3)nn2)C(=O)O[C@]1(C)[C@H](C)CC)OC. The van der Waals surface area contributed by atoms with Crippen LogP contribution in [-0.2, 0) is 25.6 Å². The Hall–Kier alpha value is -3.52. The molecule has 1 fully saturated rings. The van der Waals surface area contributed by atoms with E-state index in [0.29, 0.717) is 31.7 Å². The van der Waals surface area contributed by atoms with Crippen LogP contribution in [0.15, 0.2) is 30.5 Å². The van der Waals surface area contributed by atoms with Crippen molar-refractivity contribution >= 4 is 31.4 Å². The van der Waals surface area contributed by atoms with Crippen molar-refractivity contribution in [1.29, 1.82) is 0 Å². The molecule has 2 radical (unpaired) electrons. The molecule has 14 heteroatoms. The van der Waals surface area contributed by atoms with Gasteiger partial charge in [-0.25, -0.2) is 14.0 Å². The highest BCUT2D eigenvalue weighted by molar-refractivity contribution is 6.16. The molecule has 2 aromatic rings. The van der Waals surface area contributed by atoms with Crippen LogP contribution in [0.2, 0.25) is 5.82 Å². The first-order valence-corrected chi connectivity index (χ1v) is 17.1. The van der Waals surface area contributed by atoms with Crippen LogP contribution in [0.4, 0.5) is 14.9 Å². The summed E-state index contributed by atoms with van der Waals surface area (Å²) in [7, 11) is 7.78. The third-order valence-corrected chi connectivity index (χ3v) is 10.4. The molecule has 12 nitrogen and oxygen atoms in total. The molecule has 0 bridgehead atoms. The van der Waals surface area contributed by atoms with Gasteiger partial charge in [-0.3, -0.25) is 14.4 Å². The average molecular weight is 685 g/mol. The summed E-state index contributed by atoms with van der Waals surface area (Å²) < 4.78 is 28.0. The number of nitrogen functional groups attached to an aromatic ring is 1. The number of nitrogens with zero attached hydrogens (tertiary/aromatic N) is 4. The molecule has 270 valence electrons. The van der Waals surface area contributed by atoms with E-state index in [2.05, 4.69) is 29.5 Å². The number of nitrogens with two attached hydrogens (primary N) is 1. The van der Waals surface area contributed by atoms with Gasteiger partial charge in [-0.2, -0.15) is 0 Å². The van der Waals surface area contributed by atoms with Crippen molar-refractivity contribution < 1.29 is 33.4 Å². The molecule has 2 heterocycles. The number of carboxylic acid groups (broad SMARTS) is 1. The fourth-order valence-electron chi connectivity index (χ4n) is 6.69. The zero-order chi connectivity index (χ0) is 36.7. The van der Waals surface area contributed by atoms with Gasteiger partial charge in [0.15, 0.2) is 5.78 Å². The Kier molecular flexibility index (Phi) is 13.4. The van der Waals surface area contributed by atoms with Crippen molar-refractivity contribution in [2.24, 2.45) is 11.8 Å². The zero-order valence-corrected chi connectivity index (χ0v) is 30.2. The summed E-state index contributed by atoms with van der Waals surface area (Å²) in [5, 5.41) is 21.2. The Bertz CT molecular complexity index is 1440. The summed E-state index contributed by atoms with van der Waals surface area (Å²) >= 11 is 0. The molecule has 0 aliphatic carbocycles. The highest BCUT2D eigenvalue weighted by Gasteiger charge is 2.55. The van der Waals surface area contributed by atoms with E-state index in [-0.39, 0.29) is 30.0 Å². The van der Waals surface area contributed by atoms with Crippen molar-refractivity contribution in [3.05, 3.63) is 30.5 Å². The number of unbranched alkanes of at least 4 members (excludes halogenated alkanes) is 1. The Morgan fingerprint density at radius 2 is 1.92 bits per heavy atom. The second-order valence-electron chi connectivity index (χ2n) is 14.3. The van der Waals surface area contributed by atoms with Gasteiger partial charge in [-0.15, -0.1) is 5.10 Å². The number of ether oxygens (including phenoxy) is 2. The number of methoxy groups -OCH3 is 1. The highest BCUT2D eigenvalue weighted by atomic mass is 19.1. The predicted octanol–water partition coefficient (Wildman–Crippen LogP) is 5.07. The summed E-state index contributed by atoms with van der Waals surface area (Å²) in [4.78, 5) is 38.8. The molecule has 1 aromatic carbocycles. The molecule has 1 amide bonds. The van der Waals surface area contributed by atoms with Gasteiger partial charge in [0.2, 0.25) is 0 Å². The van der Waals surface area contributed by atoms with Crippen LogP contribution < -0.4 is 11.1 Å². The molecule has 0 unspecified atom stereocenters. The maximum Gasteiger partial charge on any atom is 0.410 e. The summed E-state index contributed by atoms with van der Waals surface area (Å²) in [5.41, 5.74) is 3.46. The van der Waals surface area contributed by atoms with E-state index in [0.717, 1.165) is 37.4 Å². The summed E-state index contributed by atoms with van der Waals surface area (Å²) in [5.74, 6) is -3.78. The van der Waals surface area contributed by atoms with E-state index >= 15 is 0 Å². The first kappa shape index (κ1) is 39.9. The molecule has 49 heavy (non-hydrogen) atoms. The lowest BCUT2D eigenvalue weighted by atomic mass is 9.67. The van der Waals surface area contributed by atoms with E-state index in [4.69, 9.17) is 28.2 Å². The van der Waals surface area contributed by atoms with Crippen molar-refractivity contribution in [3.63, 3.8) is 0 Å². The molecular formula is C35H54BFN6O6. The number of amides is 1. The number of aryl methyl sites for hydroxylation is 1. The van der Waals surface area contributed by atoms with E-state index in [1.54, 1.807) is 11.6 Å². The standard InChI is InChI=1S/C35H54BFN6O6/c1-9-23(3)35(7)30(24(4)39-20-22(2)19-33(5,48-8)28(36)18-29(44)34(6,37)31(45)46)43(32(47)49-35)16-11-10-15-42-21-27(40-41-42)25-13-12-14-26(38)17-25/h12-14,17,21-24,28,30,39H,9-11,15-16,18-20,38H2,1-8H3,(H,45,46)/t22-,23-,24-,28-,30-,33-,34+,35-/m1/s1. The van der Waals surface area contributed by atoms with Crippen LogP contribution >= 0.6 is 0 Å².